The lowest BCUT2D eigenvalue weighted by molar-refractivity contribution is -0.114. The van der Waals surface area contributed by atoms with Gasteiger partial charge in [0.25, 0.3) is 5.56 Å². The average molecular weight is 372 g/mol. The lowest BCUT2D eigenvalue weighted by Crippen LogP contribution is -2.26. The fraction of sp³-hybridized carbons (Fsp3) is 0.235. The Morgan fingerprint density at radius 2 is 2.00 bits per heavy atom. The van der Waals surface area contributed by atoms with E-state index in [4.69, 9.17) is 4.74 Å². The van der Waals surface area contributed by atoms with Crippen molar-refractivity contribution in [2.75, 3.05) is 5.32 Å². The molecule has 1 aromatic carbocycles. The van der Waals surface area contributed by atoms with E-state index in [1.165, 1.54) is 18.3 Å². The van der Waals surface area contributed by atoms with Gasteiger partial charge in [-0.15, -0.1) is 16.4 Å². The molecule has 0 radical (unpaired) electrons. The second-order valence-corrected chi connectivity index (χ2v) is 6.87. The lowest BCUT2D eigenvalue weighted by atomic mass is 10.1. The van der Waals surface area contributed by atoms with Crippen LogP contribution in [0.15, 0.2) is 29.1 Å². The van der Waals surface area contributed by atoms with Crippen LogP contribution in [0, 0.1) is 13.8 Å². The predicted molar refractivity (Wildman–Crippen MR) is 97.3 cm³/mol. The summed E-state index contributed by atoms with van der Waals surface area (Å²) in [6.45, 7) is 4.62. The number of nitrogens with zero attached hydrogens (tertiary/aromatic N) is 3. The van der Waals surface area contributed by atoms with Crippen molar-refractivity contribution >= 4 is 39.1 Å². The molecule has 3 rings (SSSR count). The number of hydrogen-bond donors (Lipinski definition) is 1. The van der Waals surface area contributed by atoms with Gasteiger partial charge in [0.2, 0.25) is 5.91 Å². The third kappa shape index (κ3) is 3.33. The quantitative estimate of drug-likeness (QED) is 0.705. The maximum Gasteiger partial charge on any atom is 0.343 e. The number of anilines is 1. The third-order valence-corrected chi connectivity index (χ3v) is 4.95. The van der Waals surface area contributed by atoms with Crippen molar-refractivity contribution in [3.63, 3.8) is 0 Å². The molecule has 134 valence electrons. The van der Waals surface area contributed by atoms with Gasteiger partial charge in [0.1, 0.15) is 10.5 Å². The number of aryl methyl sites for hydroxylation is 1. The van der Waals surface area contributed by atoms with Gasteiger partial charge in [-0.2, -0.15) is 4.68 Å². The molecule has 0 bridgehead atoms. The summed E-state index contributed by atoms with van der Waals surface area (Å²) in [6, 6.07) is 6.79. The highest BCUT2D eigenvalue weighted by atomic mass is 32.1. The van der Waals surface area contributed by atoms with Gasteiger partial charge in [0.15, 0.2) is 6.73 Å². The maximum atomic E-state index is 12.5. The number of aromatic nitrogens is 3. The van der Waals surface area contributed by atoms with E-state index in [2.05, 4.69) is 15.6 Å². The molecule has 0 fully saturated rings. The van der Waals surface area contributed by atoms with Crippen molar-refractivity contribution in [3.8, 4) is 0 Å². The van der Waals surface area contributed by atoms with Crippen molar-refractivity contribution in [1.29, 1.82) is 0 Å². The molecular formula is C17H16N4O4S. The Bertz CT molecular complexity index is 1070. The van der Waals surface area contributed by atoms with Crippen LogP contribution in [-0.4, -0.2) is 26.9 Å². The first-order valence-electron chi connectivity index (χ1n) is 7.75. The number of fused-ring (bicyclic) bond motifs is 1. The number of amides is 1. The Labute approximate surface area is 152 Å². The Hall–Kier alpha value is -3.07. The molecule has 0 saturated carbocycles. The molecule has 0 saturated heterocycles. The fourth-order valence-corrected chi connectivity index (χ4v) is 3.52. The maximum absolute atomic E-state index is 12.5. The van der Waals surface area contributed by atoms with Gasteiger partial charge in [-0.1, -0.05) is 17.3 Å². The number of carbonyl (C=O) groups excluding carboxylic acids is 2. The number of esters is 1. The molecule has 0 unspecified atom stereocenters. The van der Waals surface area contributed by atoms with Crippen LogP contribution in [0.1, 0.15) is 27.7 Å². The van der Waals surface area contributed by atoms with Crippen molar-refractivity contribution < 1.29 is 14.3 Å². The Kier molecular flexibility index (Phi) is 4.81. The summed E-state index contributed by atoms with van der Waals surface area (Å²) in [7, 11) is 0. The summed E-state index contributed by atoms with van der Waals surface area (Å²) < 4.78 is 6.22. The summed E-state index contributed by atoms with van der Waals surface area (Å²) >= 11 is 1.30. The monoisotopic (exact) mass is 372 g/mol. The number of rotatable bonds is 4. The molecule has 0 aliphatic heterocycles. The van der Waals surface area contributed by atoms with E-state index in [1.54, 1.807) is 31.2 Å². The fourth-order valence-electron chi connectivity index (χ4n) is 2.42. The second kappa shape index (κ2) is 7.04. The van der Waals surface area contributed by atoms with Crippen LogP contribution in [0.25, 0.3) is 10.9 Å². The minimum Gasteiger partial charge on any atom is -0.438 e. The van der Waals surface area contributed by atoms with E-state index >= 15 is 0 Å². The molecule has 1 N–H and O–H groups in total. The molecule has 2 heterocycles. The van der Waals surface area contributed by atoms with Crippen LogP contribution < -0.4 is 10.9 Å². The summed E-state index contributed by atoms with van der Waals surface area (Å²) in [6.07, 6.45) is 0. The number of hydrogen-bond acceptors (Lipinski definition) is 7. The number of thiophene rings is 1. The summed E-state index contributed by atoms with van der Waals surface area (Å²) in [5.74, 6) is -0.922. The highest BCUT2D eigenvalue weighted by Crippen LogP contribution is 2.33. The van der Waals surface area contributed by atoms with Crippen LogP contribution in [0.5, 0.6) is 0 Å². The standard InChI is InChI=1S/C17H16N4O4S/c1-9-10(2)26-15(18-11(3)22)14(9)17(24)25-8-21-16(23)12-6-4-5-7-13(12)19-20-21/h4-7H,8H2,1-3H3,(H,18,22). The van der Waals surface area contributed by atoms with Crippen molar-refractivity contribution in [2.45, 2.75) is 27.5 Å². The largest absolute Gasteiger partial charge is 0.438 e. The second-order valence-electron chi connectivity index (χ2n) is 5.64. The lowest BCUT2D eigenvalue weighted by Gasteiger charge is -2.08. The van der Waals surface area contributed by atoms with Crippen LogP contribution in [0.3, 0.4) is 0 Å². The van der Waals surface area contributed by atoms with E-state index in [1.807, 2.05) is 6.92 Å². The zero-order chi connectivity index (χ0) is 18.8. The topological polar surface area (TPSA) is 103 Å². The van der Waals surface area contributed by atoms with E-state index < -0.39 is 11.5 Å². The van der Waals surface area contributed by atoms with Crippen LogP contribution in [-0.2, 0) is 16.3 Å². The predicted octanol–water partition coefficient (Wildman–Crippen LogP) is 2.24. The molecule has 1 amide bonds. The van der Waals surface area contributed by atoms with E-state index in [0.717, 1.165) is 15.1 Å². The molecule has 26 heavy (non-hydrogen) atoms. The molecule has 8 nitrogen and oxygen atoms in total. The van der Waals surface area contributed by atoms with Gasteiger partial charge in [-0.05, 0) is 31.5 Å². The minimum absolute atomic E-state index is 0.281. The first-order chi connectivity index (χ1) is 12.4. The van der Waals surface area contributed by atoms with Gasteiger partial charge >= 0.3 is 5.97 Å². The average Bonchev–Trinajstić information content (AvgIpc) is 2.87. The van der Waals surface area contributed by atoms with Gasteiger partial charge < -0.3 is 10.1 Å². The first-order valence-corrected chi connectivity index (χ1v) is 8.57. The summed E-state index contributed by atoms with van der Waals surface area (Å²) in [5, 5.41) is 11.2. The normalized spacial score (nSPS) is 10.7. The number of carbonyl (C=O) groups is 2. The molecule has 9 heteroatoms. The molecule has 2 aromatic heterocycles. The highest BCUT2D eigenvalue weighted by molar-refractivity contribution is 7.16. The summed E-state index contributed by atoms with van der Waals surface area (Å²) in [4.78, 5) is 37.1. The Morgan fingerprint density at radius 1 is 1.27 bits per heavy atom. The molecule has 0 aliphatic carbocycles. The van der Waals surface area contributed by atoms with E-state index in [-0.39, 0.29) is 18.2 Å². The smallest absolute Gasteiger partial charge is 0.343 e. The van der Waals surface area contributed by atoms with Gasteiger partial charge in [-0.25, -0.2) is 4.79 Å². The molecular weight excluding hydrogens is 356 g/mol. The number of nitrogens with one attached hydrogen (secondary N) is 1. The molecule has 0 spiro atoms. The molecule has 0 aliphatic rings. The van der Waals surface area contributed by atoms with Crippen LogP contribution >= 0.6 is 11.3 Å². The highest BCUT2D eigenvalue weighted by Gasteiger charge is 2.22. The van der Waals surface area contributed by atoms with Gasteiger partial charge in [0, 0.05) is 11.8 Å². The molecule has 0 atom stereocenters. The third-order valence-electron chi connectivity index (χ3n) is 3.83. The van der Waals surface area contributed by atoms with Crippen LogP contribution in [0.2, 0.25) is 0 Å². The van der Waals surface area contributed by atoms with Gasteiger partial charge in [0.05, 0.1) is 10.9 Å². The Morgan fingerprint density at radius 3 is 2.73 bits per heavy atom. The zero-order valence-corrected chi connectivity index (χ0v) is 15.2. The van der Waals surface area contributed by atoms with E-state index in [0.29, 0.717) is 15.9 Å². The van der Waals surface area contributed by atoms with Crippen molar-refractivity contribution in [3.05, 3.63) is 50.6 Å². The zero-order valence-electron chi connectivity index (χ0n) is 14.4. The van der Waals surface area contributed by atoms with E-state index in [9.17, 15) is 14.4 Å². The number of benzene rings is 1. The minimum atomic E-state index is -0.641. The SMILES string of the molecule is CC(=O)Nc1sc(C)c(C)c1C(=O)OCn1nnc2ccccc2c1=O. The van der Waals surface area contributed by atoms with Crippen molar-refractivity contribution in [2.24, 2.45) is 0 Å². The molecule has 3 aromatic rings. The van der Waals surface area contributed by atoms with Gasteiger partial charge in [-0.3, -0.25) is 9.59 Å². The first kappa shape index (κ1) is 17.7. The number of ether oxygens (including phenoxy) is 1. The van der Waals surface area contributed by atoms with Crippen molar-refractivity contribution in [1.82, 2.24) is 15.0 Å². The summed E-state index contributed by atoms with van der Waals surface area (Å²) in [5.41, 5.74) is 1.08. The van der Waals surface area contributed by atoms with Crippen LogP contribution in [0.4, 0.5) is 5.00 Å². The Balaban J connectivity index is 1.85.